The van der Waals surface area contributed by atoms with Crippen LogP contribution in [0.2, 0.25) is 0 Å². The van der Waals surface area contributed by atoms with E-state index in [9.17, 15) is 24.3 Å². The molecule has 0 saturated heterocycles. The standard InChI is InChI=1S/C21H18N2O5/c1-12(24)23(14-8-6-7-13(11-14)21(27)28)18-17(22(2)3)19(25)15-9-4-5-10-16(15)20(18)26/h4-11H,1-3H3,(H,27,28). The average molecular weight is 378 g/mol. The van der Waals surface area contributed by atoms with Gasteiger partial charge in [0.05, 0.1) is 5.56 Å². The fourth-order valence-corrected chi connectivity index (χ4v) is 3.22. The molecule has 0 aromatic heterocycles. The molecule has 2 aromatic carbocycles. The van der Waals surface area contributed by atoms with Crippen molar-refractivity contribution in [2.24, 2.45) is 0 Å². The zero-order valence-electron chi connectivity index (χ0n) is 15.6. The number of amides is 1. The van der Waals surface area contributed by atoms with Crippen molar-refractivity contribution in [1.29, 1.82) is 0 Å². The van der Waals surface area contributed by atoms with E-state index in [1.54, 1.807) is 32.3 Å². The number of hydrogen-bond acceptors (Lipinski definition) is 5. The lowest BCUT2D eigenvalue weighted by atomic mass is 9.89. The van der Waals surface area contributed by atoms with Crippen molar-refractivity contribution >= 4 is 29.1 Å². The number of ketones is 2. The van der Waals surface area contributed by atoms with Crippen LogP contribution in [0.15, 0.2) is 59.9 Å². The van der Waals surface area contributed by atoms with Crippen LogP contribution in [0.25, 0.3) is 0 Å². The average Bonchev–Trinajstić information content (AvgIpc) is 2.65. The molecule has 1 aliphatic carbocycles. The predicted octanol–water partition coefficient (Wildman–Crippen LogP) is 2.59. The summed E-state index contributed by atoms with van der Waals surface area (Å²) in [6.07, 6.45) is 0. The van der Waals surface area contributed by atoms with Crippen molar-refractivity contribution in [2.75, 3.05) is 19.0 Å². The highest BCUT2D eigenvalue weighted by atomic mass is 16.4. The molecular weight excluding hydrogens is 360 g/mol. The first-order valence-corrected chi connectivity index (χ1v) is 8.48. The van der Waals surface area contributed by atoms with E-state index in [0.29, 0.717) is 0 Å². The molecule has 0 fully saturated rings. The number of carbonyl (C=O) groups excluding carboxylic acids is 3. The van der Waals surface area contributed by atoms with Gasteiger partial charge >= 0.3 is 5.97 Å². The number of allylic oxidation sites excluding steroid dienone is 2. The van der Waals surface area contributed by atoms with E-state index in [1.807, 2.05) is 0 Å². The van der Waals surface area contributed by atoms with E-state index in [1.165, 1.54) is 42.2 Å². The number of nitrogens with zero attached hydrogens (tertiary/aromatic N) is 2. The molecule has 3 rings (SSSR count). The fourth-order valence-electron chi connectivity index (χ4n) is 3.22. The molecule has 0 bridgehead atoms. The van der Waals surface area contributed by atoms with Gasteiger partial charge in [0.2, 0.25) is 17.5 Å². The van der Waals surface area contributed by atoms with Crippen LogP contribution >= 0.6 is 0 Å². The molecular formula is C21H18N2O5. The number of rotatable bonds is 4. The van der Waals surface area contributed by atoms with Crippen LogP contribution in [0.3, 0.4) is 0 Å². The normalized spacial score (nSPS) is 13.2. The number of carboxylic acid groups (broad SMARTS) is 1. The molecule has 142 valence electrons. The summed E-state index contributed by atoms with van der Waals surface area (Å²) in [5.74, 6) is -2.54. The van der Waals surface area contributed by atoms with Gasteiger partial charge in [-0.15, -0.1) is 0 Å². The van der Waals surface area contributed by atoms with Gasteiger partial charge in [0.15, 0.2) is 0 Å². The summed E-state index contributed by atoms with van der Waals surface area (Å²) in [4.78, 5) is 52.8. The van der Waals surface area contributed by atoms with E-state index in [0.717, 1.165) is 4.90 Å². The zero-order valence-corrected chi connectivity index (χ0v) is 15.6. The Balaban J connectivity index is 2.29. The molecule has 2 aromatic rings. The Hall–Kier alpha value is -3.74. The first-order chi connectivity index (χ1) is 13.2. The molecule has 7 nitrogen and oxygen atoms in total. The molecule has 0 atom stereocenters. The number of likely N-dealkylation sites (N-methyl/N-ethyl adjacent to an activating group) is 1. The van der Waals surface area contributed by atoms with Gasteiger partial charge < -0.3 is 10.0 Å². The minimum absolute atomic E-state index is 0.0364. The fraction of sp³-hybridized carbons (Fsp3) is 0.143. The molecule has 0 unspecified atom stereocenters. The van der Waals surface area contributed by atoms with Crippen molar-refractivity contribution in [1.82, 2.24) is 4.90 Å². The maximum absolute atomic E-state index is 13.3. The molecule has 1 amide bonds. The number of anilines is 1. The van der Waals surface area contributed by atoms with E-state index in [4.69, 9.17) is 0 Å². The Morgan fingerprint density at radius 1 is 0.857 bits per heavy atom. The summed E-state index contributed by atoms with van der Waals surface area (Å²) in [6, 6.07) is 12.1. The maximum atomic E-state index is 13.3. The lowest BCUT2D eigenvalue weighted by Crippen LogP contribution is -2.40. The molecule has 7 heteroatoms. The van der Waals surface area contributed by atoms with Gasteiger partial charge in [0.1, 0.15) is 11.4 Å². The lowest BCUT2D eigenvalue weighted by molar-refractivity contribution is -0.116. The number of fused-ring (bicyclic) bond motifs is 1. The van der Waals surface area contributed by atoms with Gasteiger partial charge in [-0.1, -0.05) is 30.3 Å². The number of Topliss-reactive ketones (excluding diaryl/α,β-unsaturated/α-hetero) is 2. The van der Waals surface area contributed by atoms with Gasteiger partial charge in [-0.2, -0.15) is 0 Å². The minimum atomic E-state index is -1.16. The van der Waals surface area contributed by atoms with Crippen LogP contribution in [-0.2, 0) is 4.79 Å². The van der Waals surface area contributed by atoms with Crippen molar-refractivity contribution in [3.8, 4) is 0 Å². The van der Waals surface area contributed by atoms with Crippen molar-refractivity contribution in [3.05, 3.63) is 76.6 Å². The predicted molar refractivity (Wildman–Crippen MR) is 102 cm³/mol. The van der Waals surface area contributed by atoms with Gasteiger partial charge in [0.25, 0.3) is 0 Å². The first kappa shape index (κ1) is 19.0. The molecule has 1 N–H and O–H groups in total. The molecule has 28 heavy (non-hydrogen) atoms. The summed E-state index contributed by atoms with van der Waals surface area (Å²) in [5, 5.41) is 9.26. The molecule has 1 aliphatic rings. The van der Waals surface area contributed by atoms with E-state index < -0.39 is 17.7 Å². The third-order valence-corrected chi connectivity index (χ3v) is 4.41. The van der Waals surface area contributed by atoms with Gasteiger partial charge in [-0.25, -0.2) is 4.79 Å². The second-order valence-electron chi connectivity index (χ2n) is 6.51. The topological polar surface area (TPSA) is 95.0 Å². The highest BCUT2D eigenvalue weighted by Gasteiger charge is 2.38. The van der Waals surface area contributed by atoms with Gasteiger partial charge in [0, 0.05) is 37.8 Å². The minimum Gasteiger partial charge on any atom is -0.478 e. The monoisotopic (exact) mass is 378 g/mol. The highest BCUT2D eigenvalue weighted by molar-refractivity contribution is 6.29. The number of carbonyl (C=O) groups is 4. The number of hydrogen-bond donors (Lipinski definition) is 1. The molecule has 0 spiro atoms. The number of carboxylic acids is 1. The van der Waals surface area contributed by atoms with Crippen molar-refractivity contribution < 1.29 is 24.3 Å². The Morgan fingerprint density at radius 3 is 1.93 bits per heavy atom. The summed E-state index contributed by atoms with van der Waals surface area (Å²) in [6.45, 7) is 1.26. The van der Waals surface area contributed by atoms with E-state index in [2.05, 4.69) is 0 Å². The maximum Gasteiger partial charge on any atom is 0.335 e. The number of benzene rings is 2. The SMILES string of the molecule is CC(=O)N(C1=C(N(C)C)C(=O)c2ccccc2C1=O)c1cccc(C(=O)O)c1. The second kappa shape index (κ2) is 7.11. The van der Waals surface area contributed by atoms with Crippen LogP contribution in [0.4, 0.5) is 5.69 Å². The molecule has 0 heterocycles. The van der Waals surface area contributed by atoms with Crippen LogP contribution in [0.5, 0.6) is 0 Å². The second-order valence-corrected chi connectivity index (χ2v) is 6.51. The first-order valence-electron chi connectivity index (χ1n) is 8.48. The Bertz CT molecular complexity index is 1050. The molecule has 0 radical (unpaired) electrons. The Kier molecular flexibility index (Phi) is 4.83. The van der Waals surface area contributed by atoms with E-state index in [-0.39, 0.29) is 39.6 Å². The molecule has 0 aliphatic heterocycles. The van der Waals surface area contributed by atoms with Gasteiger partial charge in [-0.3, -0.25) is 19.3 Å². The van der Waals surface area contributed by atoms with Crippen LogP contribution in [-0.4, -0.2) is 47.5 Å². The summed E-state index contributed by atoms with van der Waals surface area (Å²) in [5.41, 5.74) is 0.605. The van der Waals surface area contributed by atoms with Crippen LogP contribution < -0.4 is 4.90 Å². The third kappa shape index (κ3) is 3.07. The lowest BCUT2D eigenvalue weighted by Gasteiger charge is -2.31. The summed E-state index contributed by atoms with van der Waals surface area (Å²) >= 11 is 0. The summed E-state index contributed by atoms with van der Waals surface area (Å²) < 4.78 is 0. The highest BCUT2D eigenvalue weighted by Crippen LogP contribution is 2.32. The largest absolute Gasteiger partial charge is 0.478 e. The smallest absolute Gasteiger partial charge is 0.335 e. The zero-order chi connectivity index (χ0) is 20.6. The van der Waals surface area contributed by atoms with Crippen molar-refractivity contribution in [2.45, 2.75) is 6.92 Å². The third-order valence-electron chi connectivity index (χ3n) is 4.41. The Labute approximate surface area is 161 Å². The summed E-state index contributed by atoms with van der Waals surface area (Å²) in [7, 11) is 3.22. The number of aromatic carboxylic acids is 1. The Morgan fingerprint density at radius 2 is 1.43 bits per heavy atom. The quantitative estimate of drug-likeness (QED) is 0.879. The molecule has 0 saturated carbocycles. The van der Waals surface area contributed by atoms with Gasteiger partial charge in [-0.05, 0) is 18.2 Å². The van der Waals surface area contributed by atoms with E-state index >= 15 is 0 Å². The van der Waals surface area contributed by atoms with Crippen LogP contribution in [0.1, 0.15) is 38.0 Å². The van der Waals surface area contributed by atoms with Crippen molar-refractivity contribution in [3.63, 3.8) is 0 Å². The van der Waals surface area contributed by atoms with Crippen LogP contribution in [0, 0.1) is 0 Å².